The second-order valence-electron chi connectivity index (χ2n) is 5.82. The molecule has 1 saturated carbocycles. The average Bonchev–Trinajstić information content (AvgIpc) is 2.84. The van der Waals surface area contributed by atoms with Gasteiger partial charge in [-0.05, 0) is 31.6 Å². The van der Waals surface area contributed by atoms with Gasteiger partial charge in [-0.25, -0.2) is 5.01 Å². The van der Waals surface area contributed by atoms with E-state index in [-0.39, 0.29) is 11.8 Å². The van der Waals surface area contributed by atoms with Crippen LogP contribution in [0.1, 0.15) is 45.4 Å². The highest BCUT2D eigenvalue weighted by Crippen LogP contribution is 2.38. The lowest BCUT2D eigenvalue weighted by atomic mass is 9.95. The lowest BCUT2D eigenvalue weighted by molar-refractivity contribution is -0.147. The number of amides is 1. The number of rotatable bonds is 4. The minimum absolute atomic E-state index is 0.0924. The van der Waals surface area contributed by atoms with Crippen molar-refractivity contribution < 1.29 is 14.7 Å². The van der Waals surface area contributed by atoms with E-state index in [0.717, 1.165) is 32.4 Å². The van der Waals surface area contributed by atoms with Crippen molar-refractivity contribution in [2.75, 3.05) is 13.1 Å². The van der Waals surface area contributed by atoms with Gasteiger partial charge in [0.1, 0.15) is 0 Å². The molecule has 0 bridgehead atoms. The fourth-order valence-corrected chi connectivity index (χ4v) is 3.28. The quantitative estimate of drug-likeness (QED) is 0.813. The molecule has 5 heteroatoms. The van der Waals surface area contributed by atoms with Crippen molar-refractivity contribution in [1.29, 1.82) is 0 Å². The summed E-state index contributed by atoms with van der Waals surface area (Å²) in [6.07, 6.45) is 5.73. The minimum Gasteiger partial charge on any atom is -0.481 e. The SMILES string of the molecule is CCC1CC(C(=O)O)C(C(=O)NN2CCCCC2)C1. The Morgan fingerprint density at radius 3 is 2.37 bits per heavy atom. The summed E-state index contributed by atoms with van der Waals surface area (Å²) in [7, 11) is 0. The number of hydrogen-bond acceptors (Lipinski definition) is 3. The van der Waals surface area contributed by atoms with Crippen LogP contribution < -0.4 is 5.43 Å². The van der Waals surface area contributed by atoms with E-state index in [1.54, 1.807) is 0 Å². The first-order chi connectivity index (χ1) is 9.11. The molecule has 1 amide bonds. The normalized spacial score (nSPS) is 32.2. The molecule has 2 aliphatic rings. The third-order valence-electron chi connectivity index (χ3n) is 4.52. The van der Waals surface area contributed by atoms with Crippen LogP contribution in [0.25, 0.3) is 0 Å². The molecule has 0 aromatic heterocycles. The molecule has 108 valence electrons. The molecular formula is C14H24N2O3. The van der Waals surface area contributed by atoms with Crippen LogP contribution in [-0.2, 0) is 9.59 Å². The summed E-state index contributed by atoms with van der Waals surface area (Å²) in [4.78, 5) is 23.6. The van der Waals surface area contributed by atoms with Crippen LogP contribution in [0, 0.1) is 17.8 Å². The largest absolute Gasteiger partial charge is 0.481 e. The zero-order chi connectivity index (χ0) is 13.8. The Hall–Kier alpha value is -1.10. The number of aliphatic carboxylic acids is 1. The Bertz CT molecular complexity index is 340. The van der Waals surface area contributed by atoms with E-state index in [9.17, 15) is 14.7 Å². The van der Waals surface area contributed by atoms with Crippen molar-refractivity contribution in [3.63, 3.8) is 0 Å². The van der Waals surface area contributed by atoms with E-state index < -0.39 is 11.9 Å². The van der Waals surface area contributed by atoms with Gasteiger partial charge < -0.3 is 5.11 Å². The summed E-state index contributed by atoms with van der Waals surface area (Å²) in [5.41, 5.74) is 2.92. The molecule has 0 radical (unpaired) electrons. The molecule has 19 heavy (non-hydrogen) atoms. The topological polar surface area (TPSA) is 69.6 Å². The molecule has 2 N–H and O–H groups in total. The molecule has 2 rings (SSSR count). The summed E-state index contributed by atoms with van der Waals surface area (Å²) < 4.78 is 0. The molecule has 3 unspecified atom stereocenters. The number of carboxylic acid groups (broad SMARTS) is 1. The smallest absolute Gasteiger partial charge is 0.307 e. The summed E-state index contributed by atoms with van der Waals surface area (Å²) in [6, 6.07) is 0. The Kier molecular flexibility index (Phi) is 4.80. The molecular weight excluding hydrogens is 244 g/mol. The van der Waals surface area contributed by atoms with Crippen molar-refractivity contribution in [1.82, 2.24) is 10.4 Å². The Morgan fingerprint density at radius 2 is 1.79 bits per heavy atom. The van der Waals surface area contributed by atoms with Crippen molar-refractivity contribution in [2.24, 2.45) is 17.8 Å². The predicted molar refractivity (Wildman–Crippen MR) is 71.2 cm³/mol. The van der Waals surface area contributed by atoms with Gasteiger partial charge in [-0.1, -0.05) is 19.8 Å². The molecule has 1 aliphatic heterocycles. The monoisotopic (exact) mass is 268 g/mol. The van der Waals surface area contributed by atoms with Gasteiger partial charge >= 0.3 is 5.97 Å². The fraction of sp³-hybridized carbons (Fsp3) is 0.857. The standard InChI is InChI=1S/C14H24N2O3/c1-2-10-8-11(12(9-10)14(18)19)13(17)15-16-6-4-3-5-7-16/h10-12H,2-9H2,1H3,(H,15,17)(H,18,19). The number of nitrogens with zero attached hydrogens (tertiary/aromatic N) is 1. The second kappa shape index (κ2) is 6.37. The van der Waals surface area contributed by atoms with Crippen molar-refractivity contribution in [3.8, 4) is 0 Å². The van der Waals surface area contributed by atoms with Gasteiger partial charge in [0.05, 0.1) is 11.8 Å². The van der Waals surface area contributed by atoms with E-state index >= 15 is 0 Å². The third-order valence-corrected chi connectivity index (χ3v) is 4.52. The number of nitrogens with one attached hydrogen (secondary N) is 1. The molecule has 5 nitrogen and oxygen atoms in total. The predicted octanol–water partition coefficient (Wildman–Crippen LogP) is 1.64. The van der Waals surface area contributed by atoms with Crippen LogP contribution in [0.2, 0.25) is 0 Å². The van der Waals surface area contributed by atoms with E-state index in [4.69, 9.17) is 0 Å². The minimum atomic E-state index is -0.824. The van der Waals surface area contributed by atoms with Crippen LogP contribution in [0.15, 0.2) is 0 Å². The van der Waals surface area contributed by atoms with Gasteiger partial charge in [0, 0.05) is 13.1 Å². The lowest BCUT2D eigenvalue weighted by Crippen LogP contribution is -2.48. The van der Waals surface area contributed by atoms with Gasteiger partial charge in [0.15, 0.2) is 0 Å². The molecule has 0 aromatic rings. The number of piperidine rings is 1. The number of carboxylic acids is 1. The van der Waals surface area contributed by atoms with E-state index in [2.05, 4.69) is 12.3 Å². The zero-order valence-corrected chi connectivity index (χ0v) is 11.6. The van der Waals surface area contributed by atoms with Crippen molar-refractivity contribution >= 4 is 11.9 Å². The van der Waals surface area contributed by atoms with E-state index in [1.807, 2.05) is 5.01 Å². The maximum Gasteiger partial charge on any atom is 0.307 e. The van der Waals surface area contributed by atoms with Crippen LogP contribution in [0.3, 0.4) is 0 Å². The highest BCUT2D eigenvalue weighted by atomic mass is 16.4. The first kappa shape index (κ1) is 14.3. The van der Waals surface area contributed by atoms with Gasteiger partial charge in [0.2, 0.25) is 5.91 Å². The maximum atomic E-state index is 12.3. The Labute approximate surface area is 114 Å². The van der Waals surface area contributed by atoms with Crippen LogP contribution in [0.4, 0.5) is 0 Å². The molecule has 0 spiro atoms. The summed E-state index contributed by atoms with van der Waals surface area (Å²) >= 11 is 0. The summed E-state index contributed by atoms with van der Waals surface area (Å²) in [6.45, 7) is 3.83. The second-order valence-corrected chi connectivity index (χ2v) is 5.82. The van der Waals surface area contributed by atoms with E-state index in [0.29, 0.717) is 18.8 Å². The Balaban J connectivity index is 1.94. The van der Waals surface area contributed by atoms with Gasteiger partial charge in [-0.15, -0.1) is 0 Å². The van der Waals surface area contributed by atoms with Crippen molar-refractivity contribution in [3.05, 3.63) is 0 Å². The van der Waals surface area contributed by atoms with Crippen molar-refractivity contribution in [2.45, 2.75) is 45.4 Å². The summed E-state index contributed by atoms with van der Waals surface area (Å²) in [5, 5.41) is 11.2. The van der Waals surface area contributed by atoms with Gasteiger partial charge in [-0.2, -0.15) is 0 Å². The van der Waals surface area contributed by atoms with Gasteiger partial charge in [0.25, 0.3) is 0 Å². The fourth-order valence-electron chi connectivity index (χ4n) is 3.28. The first-order valence-corrected chi connectivity index (χ1v) is 7.40. The van der Waals surface area contributed by atoms with Crippen LogP contribution in [0.5, 0.6) is 0 Å². The zero-order valence-electron chi connectivity index (χ0n) is 11.6. The average molecular weight is 268 g/mol. The Morgan fingerprint density at radius 1 is 1.16 bits per heavy atom. The third kappa shape index (κ3) is 3.47. The molecule has 1 aliphatic carbocycles. The molecule has 1 heterocycles. The molecule has 0 aromatic carbocycles. The number of hydrazine groups is 1. The summed E-state index contributed by atoms with van der Waals surface area (Å²) in [5.74, 6) is -1.41. The van der Waals surface area contributed by atoms with Crippen LogP contribution >= 0.6 is 0 Å². The van der Waals surface area contributed by atoms with E-state index in [1.165, 1.54) is 6.42 Å². The van der Waals surface area contributed by atoms with Crippen LogP contribution in [-0.4, -0.2) is 35.1 Å². The molecule has 2 fully saturated rings. The maximum absolute atomic E-state index is 12.3. The molecule has 3 atom stereocenters. The number of carbonyl (C=O) groups is 2. The highest BCUT2D eigenvalue weighted by Gasteiger charge is 2.42. The molecule has 1 saturated heterocycles. The highest BCUT2D eigenvalue weighted by molar-refractivity contribution is 5.85. The number of carbonyl (C=O) groups excluding carboxylic acids is 1. The first-order valence-electron chi connectivity index (χ1n) is 7.40. The lowest BCUT2D eigenvalue weighted by Gasteiger charge is -2.28. The van der Waals surface area contributed by atoms with Gasteiger partial charge in [-0.3, -0.25) is 15.0 Å². The number of hydrogen-bond donors (Lipinski definition) is 2.